The van der Waals surface area contributed by atoms with Crippen molar-refractivity contribution in [3.05, 3.63) is 33.3 Å². The van der Waals surface area contributed by atoms with Crippen molar-refractivity contribution in [3.63, 3.8) is 0 Å². The van der Waals surface area contributed by atoms with Gasteiger partial charge in [-0.05, 0) is 6.07 Å². The van der Waals surface area contributed by atoms with Crippen LogP contribution in [0.4, 0.5) is 5.69 Å². The van der Waals surface area contributed by atoms with Crippen LogP contribution in [0.25, 0.3) is 0 Å². The average Bonchev–Trinajstić information content (AvgIpc) is 2.02. The van der Waals surface area contributed by atoms with Crippen LogP contribution in [0.5, 0.6) is 0 Å². The molecule has 5 nitrogen and oxygen atoms in total. The Balaban J connectivity index is 3.44. The molecular formula is C7H6ClNO4S. The molecule has 1 aromatic carbocycles. The molecule has 0 saturated carbocycles. The second-order valence-corrected chi connectivity index (χ2v) is 5.04. The van der Waals surface area contributed by atoms with Crippen molar-refractivity contribution in [1.29, 1.82) is 0 Å². The molecule has 0 heterocycles. The Morgan fingerprint density at radius 3 is 2.43 bits per heavy atom. The van der Waals surface area contributed by atoms with Gasteiger partial charge < -0.3 is 0 Å². The van der Waals surface area contributed by atoms with Gasteiger partial charge in [0.2, 0.25) is 0 Å². The minimum Gasteiger partial charge on any atom is -0.258 e. The van der Waals surface area contributed by atoms with Crippen LogP contribution in [-0.4, -0.2) is 19.6 Å². The van der Waals surface area contributed by atoms with E-state index in [-0.39, 0.29) is 15.6 Å². The normalized spacial score (nSPS) is 11.3. The maximum Gasteiger partial charge on any atom is 0.270 e. The van der Waals surface area contributed by atoms with Gasteiger partial charge in [-0.15, -0.1) is 0 Å². The number of hydrogen-bond donors (Lipinski definition) is 0. The van der Waals surface area contributed by atoms with Gasteiger partial charge in [0.1, 0.15) is 0 Å². The summed E-state index contributed by atoms with van der Waals surface area (Å²) in [4.78, 5) is 9.46. The van der Waals surface area contributed by atoms with Crippen LogP contribution in [0.3, 0.4) is 0 Å². The molecule has 0 saturated heterocycles. The van der Waals surface area contributed by atoms with Crippen molar-refractivity contribution in [2.75, 3.05) is 6.26 Å². The molecule has 0 spiro atoms. The molecule has 7 heteroatoms. The average molecular weight is 236 g/mol. The number of nitro benzene ring substituents is 1. The van der Waals surface area contributed by atoms with Gasteiger partial charge in [-0.25, -0.2) is 8.42 Å². The fraction of sp³-hybridized carbons (Fsp3) is 0.143. The van der Waals surface area contributed by atoms with Crippen LogP contribution in [0.2, 0.25) is 5.02 Å². The third-order valence-electron chi connectivity index (χ3n) is 1.53. The molecule has 0 bridgehead atoms. The van der Waals surface area contributed by atoms with Gasteiger partial charge in [0.25, 0.3) is 5.69 Å². The number of nitro groups is 1. The number of hydrogen-bond acceptors (Lipinski definition) is 4. The summed E-state index contributed by atoms with van der Waals surface area (Å²) in [7, 11) is -3.53. The van der Waals surface area contributed by atoms with E-state index >= 15 is 0 Å². The molecule has 0 unspecified atom stereocenters. The van der Waals surface area contributed by atoms with Gasteiger partial charge in [-0.1, -0.05) is 11.6 Å². The van der Waals surface area contributed by atoms with Crippen LogP contribution in [0.1, 0.15) is 0 Å². The monoisotopic (exact) mass is 235 g/mol. The van der Waals surface area contributed by atoms with E-state index in [1.807, 2.05) is 0 Å². The van der Waals surface area contributed by atoms with Crippen molar-refractivity contribution in [2.45, 2.75) is 4.90 Å². The fourth-order valence-electron chi connectivity index (χ4n) is 0.890. The summed E-state index contributed by atoms with van der Waals surface area (Å²) in [5.41, 5.74) is -0.296. The first-order valence-corrected chi connectivity index (χ1v) is 5.73. The van der Waals surface area contributed by atoms with E-state index in [0.29, 0.717) is 0 Å². The topological polar surface area (TPSA) is 77.3 Å². The van der Waals surface area contributed by atoms with Gasteiger partial charge in [-0.2, -0.15) is 0 Å². The Hall–Kier alpha value is -1.14. The Labute approximate surface area is 85.4 Å². The van der Waals surface area contributed by atoms with E-state index in [1.165, 1.54) is 6.07 Å². The van der Waals surface area contributed by atoms with Gasteiger partial charge in [0.05, 0.1) is 14.8 Å². The second-order valence-electron chi connectivity index (χ2n) is 2.64. The zero-order valence-electron chi connectivity index (χ0n) is 7.10. The van der Waals surface area contributed by atoms with E-state index in [9.17, 15) is 18.5 Å². The first-order valence-electron chi connectivity index (χ1n) is 3.46. The van der Waals surface area contributed by atoms with E-state index in [4.69, 9.17) is 11.6 Å². The van der Waals surface area contributed by atoms with E-state index in [2.05, 4.69) is 0 Å². The standard InChI is InChI=1S/C7H6ClNO4S/c1-14(12,13)7-4-5(9(10)11)2-3-6(7)8/h2-4H,1H3. The number of non-ortho nitro benzene ring substituents is 1. The third kappa shape index (κ3) is 2.21. The Bertz CT molecular complexity index is 482. The van der Waals surface area contributed by atoms with Crippen molar-refractivity contribution < 1.29 is 13.3 Å². The smallest absolute Gasteiger partial charge is 0.258 e. The maximum atomic E-state index is 11.1. The molecule has 0 radical (unpaired) electrons. The van der Waals surface area contributed by atoms with E-state index < -0.39 is 14.8 Å². The predicted molar refractivity (Wildman–Crippen MR) is 51.2 cm³/mol. The molecule has 0 aromatic heterocycles. The Morgan fingerprint density at radius 2 is 2.00 bits per heavy atom. The fourth-order valence-corrected chi connectivity index (χ4v) is 2.18. The summed E-state index contributed by atoms with van der Waals surface area (Å²) in [6.07, 6.45) is 0.942. The summed E-state index contributed by atoms with van der Waals surface area (Å²) in [5, 5.41) is 10.3. The van der Waals surface area contributed by atoms with Crippen molar-refractivity contribution >= 4 is 27.1 Å². The molecule has 0 fully saturated rings. The Kier molecular flexibility index (Phi) is 2.77. The quantitative estimate of drug-likeness (QED) is 0.577. The van der Waals surface area contributed by atoms with Gasteiger partial charge in [-0.3, -0.25) is 10.1 Å². The van der Waals surface area contributed by atoms with Crippen LogP contribution < -0.4 is 0 Å². The van der Waals surface area contributed by atoms with Crippen LogP contribution in [-0.2, 0) is 9.84 Å². The zero-order valence-corrected chi connectivity index (χ0v) is 8.67. The van der Waals surface area contributed by atoms with Crippen molar-refractivity contribution in [1.82, 2.24) is 0 Å². The highest BCUT2D eigenvalue weighted by atomic mass is 35.5. The summed E-state index contributed by atoms with van der Waals surface area (Å²) < 4.78 is 22.2. The highest BCUT2D eigenvalue weighted by Crippen LogP contribution is 2.25. The minimum absolute atomic E-state index is 0.0156. The van der Waals surface area contributed by atoms with E-state index in [0.717, 1.165) is 18.4 Å². The molecule has 76 valence electrons. The lowest BCUT2D eigenvalue weighted by Crippen LogP contribution is -1.99. The van der Waals surface area contributed by atoms with Gasteiger partial charge in [0.15, 0.2) is 9.84 Å². The minimum atomic E-state index is -3.53. The Morgan fingerprint density at radius 1 is 1.43 bits per heavy atom. The van der Waals surface area contributed by atoms with E-state index in [1.54, 1.807) is 0 Å². The molecule has 1 rings (SSSR count). The van der Waals surface area contributed by atoms with Crippen LogP contribution in [0.15, 0.2) is 23.1 Å². The molecule has 14 heavy (non-hydrogen) atoms. The summed E-state index contributed by atoms with van der Waals surface area (Å²) >= 11 is 5.58. The molecule has 0 aliphatic heterocycles. The SMILES string of the molecule is CS(=O)(=O)c1cc([N+](=O)[O-])ccc1Cl. The molecule has 0 N–H and O–H groups in total. The number of benzene rings is 1. The van der Waals surface area contributed by atoms with Gasteiger partial charge in [0, 0.05) is 18.4 Å². The lowest BCUT2D eigenvalue weighted by molar-refractivity contribution is -0.385. The molecule has 1 aromatic rings. The number of rotatable bonds is 2. The molecule has 0 aliphatic rings. The number of halogens is 1. The molecule has 0 atom stereocenters. The largest absolute Gasteiger partial charge is 0.270 e. The highest BCUT2D eigenvalue weighted by Gasteiger charge is 2.16. The molecular weight excluding hydrogens is 230 g/mol. The first kappa shape index (κ1) is 10.9. The predicted octanol–water partition coefficient (Wildman–Crippen LogP) is 1.65. The molecule has 0 aliphatic carbocycles. The van der Waals surface area contributed by atoms with Crippen LogP contribution >= 0.6 is 11.6 Å². The van der Waals surface area contributed by atoms with Crippen molar-refractivity contribution in [3.8, 4) is 0 Å². The summed E-state index contributed by atoms with van der Waals surface area (Å²) in [6.45, 7) is 0. The number of nitrogens with zero attached hydrogens (tertiary/aromatic N) is 1. The maximum absolute atomic E-state index is 11.1. The first-order chi connectivity index (χ1) is 6.32. The van der Waals surface area contributed by atoms with Gasteiger partial charge >= 0.3 is 0 Å². The second kappa shape index (κ2) is 3.55. The van der Waals surface area contributed by atoms with Crippen LogP contribution in [0, 0.1) is 10.1 Å². The third-order valence-corrected chi connectivity index (χ3v) is 3.10. The lowest BCUT2D eigenvalue weighted by Gasteiger charge is -2.00. The summed E-state index contributed by atoms with van der Waals surface area (Å²) in [5.74, 6) is 0. The zero-order chi connectivity index (χ0) is 10.9. The highest BCUT2D eigenvalue weighted by molar-refractivity contribution is 7.90. The lowest BCUT2D eigenvalue weighted by atomic mass is 10.3. The summed E-state index contributed by atoms with van der Waals surface area (Å²) in [6, 6.07) is 3.28. The number of sulfone groups is 1. The van der Waals surface area contributed by atoms with Crippen molar-refractivity contribution in [2.24, 2.45) is 0 Å². The molecule has 0 amide bonds.